The maximum absolute atomic E-state index is 6.98. The van der Waals surface area contributed by atoms with Crippen LogP contribution in [0.4, 0.5) is 0 Å². The Hall–Kier alpha value is -3.55. The smallest absolute Gasteiger partial charge is 0.0562 e. The summed E-state index contributed by atoms with van der Waals surface area (Å²) in [5, 5.41) is 5.70. The molecule has 0 aliphatic carbocycles. The number of benzene rings is 5. The number of rotatable bonds is 2. The van der Waals surface area contributed by atoms with E-state index < -0.39 is 0 Å². The summed E-state index contributed by atoms with van der Waals surface area (Å²) in [6.07, 6.45) is 0. The van der Waals surface area contributed by atoms with E-state index in [-0.39, 0.29) is 0 Å². The highest BCUT2D eigenvalue weighted by Gasteiger charge is 2.15. The molecule has 0 aliphatic rings. The van der Waals surface area contributed by atoms with Crippen LogP contribution >= 0.6 is 11.6 Å². The van der Waals surface area contributed by atoms with Crippen LogP contribution in [0.3, 0.4) is 0 Å². The van der Waals surface area contributed by atoms with Crippen molar-refractivity contribution in [2.45, 2.75) is 0 Å². The topological polar surface area (TPSA) is 15.8 Å². The summed E-state index contributed by atoms with van der Waals surface area (Å²) in [5.74, 6) is 0. The van der Waals surface area contributed by atoms with Crippen molar-refractivity contribution < 1.29 is 0 Å². The molecule has 142 valence electrons. The van der Waals surface area contributed by atoms with Crippen molar-refractivity contribution >= 4 is 44.2 Å². The third-order valence-corrected chi connectivity index (χ3v) is 6.27. The molecule has 6 rings (SSSR count). The zero-order chi connectivity index (χ0) is 20.1. The van der Waals surface area contributed by atoms with Gasteiger partial charge in [-0.05, 0) is 40.1 Å². The molecule has 0 bridgehead atoms. The van der Waals surface area contributed by atoms with Gasteiger partial charge in [-0.2, -0.15) is 0 Å². The molecule has 0 amide bonds. The first kappa shape index (κ1) is 17.3. The quantitative estimate of drug-likeness (QED) is 0.298. The van der Waals surface area contributed by atoms with Gasteiger partial charge in [0.15, 0.2) is 0 Å². The Morgan fingerprint density at radius 1 is 0.533 bits per heavy atom. The first-order valence-corrected chi connectivity index (χ1v) is 10.4. The molecule has 2 heteroatoms. The van der Waals surface area contributed by atoms with Gasteiger partial charge in [0, 0.05) is 32.9 Å². The summed E-state index contributed by atoms with van der Waals surface area (Å²) < 4.78 is 0. The summed E-state index contributed by atoms with van der Waals surface area (Å²) in [6, 6.07) is 36.0. The normalized spacial score (nSPS) is 11.5. The predicted octanol–water partition coefficient (Wildman–Crippen LogP) is 8.46. The van der Waals surface area contributed by atoms with Crippen LogP contribution in [0.5, 0.6) is 0 Å². The average Bonchev–Trinajstić information content (AvgIpc) is 3.16. The lowest BCUT2D eigenvalue weighted by atomic mass is 9.95. The number of fused-ring (bicyclic) bond motifs is 4. The van der Waals surface area contributed by atoms with Gasteiger partial charge >= 0.3 is 0 Å². The molecule has 5 aromatic carbocycles. The zero-order valence-electron chi connectivity index (χ0n) is 16.2. The minimum absolute atomic E-state index is 0.784. The van der Waals surface area contributed by atoms with Gasteiger partial charge < -0.3 is 4.98 Å². The maximum atomic E-state index is 6.98. The molecule has 0 atom stereocenters. The Balaban J connectivity index is 1.66. The van der Waals surface area contributed by atoms with E-state index in [1.165, 1.54) is 21.5 Å². The summed E-state index contributed by atoms with van der Waals surface area (Å²) >= 11 is 6.98. The van der Waals surface area contributed by atoms with E-state index in [0.717, 1.165) is 38.3 Å². The third-order valence-electron chi connectivity index (χ3n) is 5.86. The molecule has 0 saturated carbocycles. The largest absolute Gasteiger partial charge is 0.354 e. The van der Waals surface area contributed by atoms with Crippen molar-refractivity contribution in [1.82, 2.24) is 4.98 Å². The minimum atomic E-state index is 0.784. The van der Waals surface area contributed by atoms with Crippen LogP contribution in [0.2, 0.25) is 5.02 Å². The first-order chi connectivity index (χ1) is 14.8. The van der Waals surface area contributed by atoms with Gasteiger partial charge in [0.25, 0.3) is 0 Å². The van der Waals surface area contributed by atoms with Gasteiger partial charge in [-0.3, -0.25) is 0 Å². The fraction of sp³-hybridized carbons (Fsp3) is 0. The Labute approximate surface area is 179 Å². The molecule has 6 aromatic rings. The van der Waals surface area contributed by atoms with Gasteiger partial charge in [0.1, 0.15) is 0 Å². The van der Waals surface area contributed by atoms with Crippen molar-refractivity contribution in [3.05, 3.63) is 108 Å². The van der Waals surface area contributed by atoms with Gasteiger partial charge in [0.05, 0.1) is 5.02 Å². The second-order valence-electron chi connectivity index (χ2n) is 7.63. The number of hydrogen-bond acceptors (Lipinski definition) is 0. The lowest BCUT2D eigenvalue weighted by Crippen LogP contribution is -1.86. The first-order valence-electron chi connectivity index (χ1n) is 10.1. The van der Waals surface area contributed by atoms with E-state index in [1.807, 2.05) is 18.2 Å². The average molecular weight is 404 g/mol. The Morgan fingerprint density at radius 3 is 2.03 bits per heavy atom. The molecule has 0 radical (unpaired) electrons. The number of H-pyrrole nitrogens is 1. The molecule has 1 heterocycles. The van der Waals surface area contributed by atoms with E-state index in [4.69, 9.17) is 11.6 Å². The molecule has 0 fully saturated rings. The van der Waals surface area contributed by atoms with E-state index in [1.54, 1.807) is 0 Å². The van der Waals surface area contributed by atoms with Gasteiger partial charge in [-0.15, -0.1) is 0 Å². The molecular weight excluding hydrogens is 386 g/mol. The van der Waals surface area contributed by atoms with Crippen LogP contribution in [-0.2, 0) is 0 Å². The van der Waals surface area contributed by atoms with Crippen molar-refractivity contribution in [3.63, 3.8) is 0 Å². The summed E-state index contributed by atoms with van der Waals surface area (Å²) in [7, 11) is 0. The Bertz CT molecular complexity index is 1540. The lowest BCUT2D eigenvalue weighted by Gasteiger charge is -2.12. The van der Waals surface area contributed by atoms with Crippen molar-refractivity contribution in [3.8, 4) is 22.3 Å². The van der Waals surface area contributed by atoms with Crippen molar-refractivity contribution in [2.24, 2.45) is 0 Å². The highest BCUT2D eigenvalue weighted by molar-refractivity contribution is 6.37. The molecule has 1 nitrogen and oxygen atoms in total. The standard InChI is InChI=1S/C28H18ClN/c29-28-21(18-8-2-1-3-9-18)12-6-14-23(28)22-13-7-15-25-27(22)24-16-19-10-4-5-11-20(19)17-26(24)30-25/h1-17,30H. The predicted molar refractivity (Wildman–Crippen MR) is 129 cm³/mol. The molecular formula is C28H18ClN. The van der Waals surface area contributed by atoms with E-state index in [9.17, 15) is 0 Å². The van der Waals surface area contributed by atoms with Crippen LogP contribution in [0.1, 0.15) is 0 Å². The number of nitrogens with one attached hydrogen (secondary N) is 1. The minimum Gasteiger partial charge on any atom is -0.354 e. The van der Waals surface area contributed by atoms with Crippen LogP contribution in [-0.4, -0.2) is 4.98 Å². The number of hydrogen-bond donors (Lipinski definition) is 1. The number of halogens is 1. The monoisotopic (exact) mass is 403 g/mol. The molecule has 1 N–H and O–H groups in total. The fourth-order valence-corrected chi connectivity index (χ4v) is 4.78. The molecule has 30 heavy (non-hydrogen) atoms. The van der Waals surface area contributed by atoms with E-state index >= 15 is 0 Å². The van der Waals surface area contributed by atoms with Gasteiger partial charge in [0.2, 0.25) is 0 Å². The van der Waals surface area contributed by atoms with E-state index in [2.05, 4.69) is 89.9 Å². The van der Waals surface area contributed by atoms with Crippen molar-refractivity contribution in [1.29, 1.82) is 0 Å². The van der Waals surface area contributed by atoms with Crippen LogP contribution in [0.15, 0.2) is 103 Å². The van der Waals surface area contributed by atoms with Gasteiger partial charge in [-0.1, -0.05) is 96.5 Å². The Morgan fingerprint density at radius 2 is 1.20 bits per heavy atom. The van der Waals surface area contributed by atoms with Crippen molar-refractivity contribution in [2.75, 3.05) is 0 Å². The second-order valence-corrected chi connectivity index (χ2v) is 8.01. The zero-order valence-corrected chi connectivity index (χ0v) is 16.9. The van der Waals surface area contributed by atoms with Crippen LogP contribution in [0, 0.1) is 0 Å². The SMILES string of the molecule is Clc1c(-c2ccccc2)cccc1-c1cccc2[nH]c3cc4ccccc4cc3c12. The molecule has 0 spiro atoms. The summed E-state index contributed by atoms with van der Waals surface area (Å²) in [6.45, 7) is 0. The van der Waals surface area contributed by atoms with Crippen LogP contribution in [0.25, 0.3) is 54.8 Å². The molecule has 0 aliphatic heterocycles. The second kappa shape index (κ2) is 6.76. The highest BCUT2D eigenvalue weighted by Crippen LogP contribution is 2.41. The molecule has 0 saturated heterocycles. The number of aromatic nitrogens is 1. The number of aromatic amines is 1. The molecule has 0 unspecified atom stereocenters. The third kappa shape index (κ3) is 2.63. The Kier molecular flexibility index (Phi) is 3.90. The lowest BCUT2D eigenvalue weighted by molar-refractivity contribution is 1.55. The van der Waals surface area contributed by atoms with Crippen LogP contribution < -0.4 is 0 Å². The van der Waals surface area contributed by atoms with E-state index in [0.29, 0.717) is 0 Å². The summed E-state index contributed by atoms with van der Waals surface area (Å²) in [4.78, 5) is 3.60. The maximum Gasteiger partial charge on any atom is 0.0562 e. The fourth-order valence-electron chi connectivity index (χ4n) is 4.45. The molecule has 1 aromatic heterocycles. The summed E-state index contributed by atoms with van der Waals surface area (Å²) in [5.41, 5.74) is 6.65. The highest BCUT2D eigenvalue weighted by atomic mass is 35.5. The van der Waals surface area contributed by atoms with Gasteiger partial charge in [-0.25, -0.2) is 0 Å².